The van der Waals surface area contributed by atoms with Crippen molar-refractivity contribution in [2.75, 3.05) is 35.3 Å². The second-order valence-corrected chi connectivity index (χ2v) is 7.83. The maximum Gasteiger partial charge on any atom is 0.277 e. The molecule has 158 valence electrons. The third-order valence-electron chi connectivity index (χ3n) is 5.82. The zero-order chi connectivity index (χ0) is 21.2. The first-order valence-corrected chi connectivity index (χ1v) is 10.7. The van der Waals surface area contributed by atoms with Crippen molar-refractivity contribution in [3.05, 3.63) is 65.9 Å². The van der Waals surface area contributed by atoms with Crippen molar-refractivity contribution >= 4 is 29.0 Å². The first-order valence-electron chi connectivity index (χ1n) is 10.7. The Bertz CT molecular complexity index is 1080. The minimum absolute atomic E-state index is 0.100. The minimum Gasteiger partial charge on any atom is -0.497 e. The van der Waals surface area contributed by atoms with Crippen LogP contribution in [-0.2, 0) is 6.54 Å². The third-order valence-corrected chi connectivity index (χ3v) is 5.82. The molecule has 0 atom stereocenters. The number of hydrogen-bond donors (Lipinski definition) is 1. The fourth-order valence-electron chi connectivity index (χ4n) is 4.12. The number of nitrogens with zero attached hydrogens (tertiary/aromatic N) is 4. The van der Waals surface area contributed by atoms with Crippen LogP contribution in [-0.4, -0.2) is 36.1 Å². The normalized spacial score (nSPS) is 15.7. The smallest absolute Gasteiger partial charge is 0.277 e. The van der Waals surface area contributed by atoms with Crippen LogP contribution in [0, 0.1) is 0 Å². The van der Waals surface area contributed by atoms with E-state index in [2.05, 4.69) is 10.2 Å². The van der Waals surface area contributed by atoms with E-state index in [1.807, 2.05) is 54.6 Å². The van der Waals surface area contributed by atoms with Gasteiger partial charge < -0.3 is 19.9 Å². The van der Waals surface area contributed by atoms with Crippen molar-refractivity contribution in [3.8, 4) is 5.75 Å². The number of carbonyl (C=O) groups is 1. The topological polar surface area (TPSA) is 70.6 Å². The molecule has 1 saturated heterocycles. The molecule has 0 unspecified atom stereocenters. The number of ether oxygens (including phenoxy) is 1. The zero-order valence-corrected chi connectivity index (χ0v) is 17.5. The van der Waals surface area contributed by atoms with E-state index in [4.69, 9.17) is 14.7 Å². The summed E-state index contributed by atoms with van der Waals surface area (Å²) in [7, 11) is 1.63. The molecule has 1 aromatic heterocycles. The van der Waals surface area contributed by atoms with Gasteiger partial charge in [-0.05, 0) is 55.7 Å². The molecule has 31 heavy (non-hydrogen) atoms. The highest BCUT2D eigenvalue weighted by Gasteiger charge is 2.34. The lowest BCUT2D eigenvalue weighted by Crippen LogP contribution is -2.31. The summed E-state index contributed by atoms with van der Waals surface area (Å²) < 4.78 is 5.25. The number of methoxy groups -OCH3 is 1. The van der Waals surface area contributed by atoms with E-state index in [0.717, 1.165) is 48.6 Å². The van der Waals surface area contributed by atoms with Gasteiger partial charge in [0.15, 0.2) is 0 Å². The van der Waals surface area contributed by atoms with Crippen LogP contribution in [0.4, 0.5) is 23.1 Å². The third kappa shape index (κ3) is 3.79. The second kappa shape index (κ2) is 8.26. The van der Waals surface area contributed by atoms with Crippen LogP contribution in [0.25, 0.3) is 0 Å². The summed E-state index contributed by atoms with van der Waals surface area (Å²) in [5.74, 6) is 1.98. The summed E-state index contributed by atoms with van der Waals surface area (Å²) in [6.45, 7) is 2.26. The van der Waals surface area contributed by atoms with E-state index in [-0.39, 0.29) is 5.91 Å². The maximum absolute atomic E-state index is 13.3. The number of benzene rings is 2. The summed E-state index contributed by atoms with van der Waals surface area (Å²) in [5.41, 5.74) is 3.05. The molecule has 3 heterocycles. The molecule has 7 nitrogen and oxygen atoms in total. The van der Waals surface area contributed by atoms with Gasteiger partial charge in [-0.1, -0.05) is 18.2 Å². The number of nitrogens with one attached hydrogen (secondary N) is 1. The van der Waals surface area contributed by atoms with E-state index in [9.17, 15) is 4.79 Å². The Morgan fingerprint density at radius 3 is 2.39 bits per heavy atom. The van der Waals surface area contributed by atoms with Crippen LogP contribution in [0.3, 0.4) is 0 Å². The van der Waals surface area contributed by atoms with Gasteiger partial charge in [0.05, 0.1) is 13.7 Å². The number of rotatable bonds is 5. The number of aromatic nitrogens is 2. The number of amides is 1. The van der Waals surface area contributed by atoms with Crippen molar-refractivity contribution in [1.29, 1.82) is 0 Å². The molecule has 0 bridgehead atoms. The number of anilines is 4. The molecule has 5 rings (SSSR count). The Kier molecular flexibility index (Phi) is 5.16. The van der Waals surface area contributed by atoms with Gasteiger partial charge in [0.25, 0.3) is 5.91 Å². The molecule has 2 aliphatic rings. The first kappa shape index (κ1) is 19.4. The van der Waals surface area contributed by atoms with Gasteiger partial charge in [-0.2, -0.15) is 4.98 Å². The molecule has 2 aromatic carbocycles. The molecule has 0 radical (unpaired) electrons. The molecule has 1 fully saturated rings. The summed E-state index contributed by atoms with van der Waals surface area (Å²) in [6, 6.07) is 17.4. The SMILES string of the molecule is COc1ccc(N2Cc3c(Nc4ccccc4)nc(N4CCCCC4)nc3C2=O)cc1. The van der Waals surface area contributed by atoms with Gasteiger partial charge >= 0.3 is 0 Å². The summed E-state index contributed by atoms with van der Waals surface area (Å²) >= 11 is 0. The van der Waals surface area contributed by atoms with E-state index in [1.54, 1.807) is 12.0 Å². The zero-order valence-electron chi connectivity index (χ0n) is 17.5. The van der Waals surface area contributed by atoms with Crippen molar-refractivity contribution in [3.63, 3.8) is 0 Å². The molecular formula is C24H25N5O2. The number of fused-ring (bicyclic) bond motifs is 1. The molecule has 0 aliphatic carbocycles. The molecule has 0 spiro atoms. The fraction of sp³-hybridized carbons (Fsp3) is 0.292. The largest absolute Gasteiger partial charge is 0.497 e. The average Bonchev–Trinajstić information content (AvgIpc) is 3.17. The Balaban J connectivity index is 1.53. The number of piperidine rings is 1. The molecule has 1 N–H and O–H groups in total. The van der Waals surface area contributed by atoms with Gasteiger partial charge in [-0.25, -0.2) is 4.98 Å². The molecule has 0 saturated carbocycles. The van der Waals surface area contributed by atoms with Crippen LogP contribution in [0.2, 0.25) is 0 Å². The first-order chi connectivity index (χ1) is 15.2. The Morgan fingerprint density at radius 2 is 1.68 bits per heavy atom. The number of para-hydroxylation sites is 1. The highest BCUT2D eigenvalue weighted by atomic mass is 16.5. The second-order valence-electron chi connectivity index (χ2n) is 7.83. The van der Waals surface area contributed by atoms with Gasteiger partial charge in [0.1, 0.15) is 17.3 Å². The monoisotopic (exact) mass is 415 g/mol. The number of hydrogen-bond acceptors (Lipinski definition) is 6. The minimum atomic E-state index is -0.100. The lowest BCUT2D eigenvalue weighted by atomic mass is 10.1. The van der Waals surface area contributed by atoms with E-state index >= 15 is 0 Å². The van der Waals surface area contributed by atoms with Gasteiger partial charge in [0, 0.05) is 30.0 Å². The van der Waals surface area contributed by atoms with Gasteiger partial charge in [0.2, 0.25) is 5.95 Å². The fourth-order valence-corrected chi connectivity index (χ4v) is 4.12. The van der Waals surface area contributed by atoms with Crippen molar-refractivity contribution in [1.82, 2.24) is 9.97 Å². The summed E-state index contributed by atoms with van der Waals surface area (Å²) in [5, 5.41) is 3.42. The van der Waals surface area contributed by atoms with Crippen LogP contribution < -0.4 is 19.9 Å². The Morgan fingerprint density at radius 1 is 0.935 bits per heavy atom. The molecule has 2 aliphatic heterocycles. The van der Waals surface area contributed by atoms with Crippen molar-refractivity contribution in [2.24, 2.45) is 0 Å². The van der Waals surface area contributed by atoms with Crippen molar-refractivity contribution < 1.29 is 9.53 Å². The van der Waals surface area contributed by atoms with Gasteiger partial charge in [-0.3, -0.25) is 4.79 Å². The lowest BCUT2D eigenvalue weighted by molar-refractivity contribution is 0.0992. The standard InChI is InChI=1S/C24H25N5O2/c1-31-19-12-10-18(11-13-19)29-16-20-21(23(29)30)26-24(28-14-6-3-7-15-28)27-22(20)25-17-8-4-2-5-9-17/h2,4-5,8-13H,3,6-7,14-16H2,1H3,(H,25,26,27). The quantitative estimate of drug-likeness (QED) is 0.667. The maximum atomic E-state index is 13.3. The highest BCUT2D eigenvalue weighted by Crippen LogP contribution is 2.34. The predicted octanol–water partition coefficient (Wildman–Crippen LogP) is 4.38. The van der Waals surface area contributed by atoms with Crippen LogP contribution in [0.5, 0.6) is 5.75 Å². The van der Waals surface area contributed by atoms with Crippen molar-refractivity contribution in [2.45, 2.75) is 25.8 Å². The number of carbonyl (C=O) groups excluding carboxylic acids is 1. The van der Waals surface area contributed by atoms with E-state index < -0.39 is 0 Å². The molecular weight excluding hydrogens is 390 g/mol. The molecule has 7 heteroatoms. The highest BCUT2D eigenvalue weighted by molar-refractivity contribution is 6.09. The molecule has 1 amide bonds. The summed E-state index contributed by atoms with van der Waals surface area (Å²) in [6.07, 6.45) is 3.46. The lowest BCUT2D eigenvalue weighted by Gasteiger charge is -2.27. The van der Waals surface area contributed by atoms with Crippen LogP contribution in [0.1, 0.15) is 35.3 Å². The Labute approximate surface area is 181 Å². The Hall–Kier alpha value is -3.61. The molecule has 3 aromatic rings. The predicted molar refractivity (Wildman–Crippen MR) is 121 cm³/mol. The van der Waals surface area contributed by atoms with Gasteiger partial charge in [-0.15, -0.1) is 0 Å². The van der Waals surface area contributed by atoms with E-state index in [0.29, 0.717) is 24.0 Å². The van der Waals surface area contributed by atoms with Crippen LogP contribution >= 0.6 is 0 Å². The van der Waals surface area contributed by atoms with Crippen LogP contribution in [0.15, 0.2) is 54.6 Å². The van der Waals surface area contributed by atoms with E-state index in [1.165, 1.54) is 6.42 Å². The average molecular weight is 415 g/mol. The summed E-state index contributed by atoms with van der Waals surface area (Å²) in [4.78, 5) is 26.9.